The summed E-state index contributed by atoms with van der Waals surface area (Å²) in [6.45, 7) is 5.50. The van der Waals surface area contributed by atoms with Crippen LogP contribution in [-0.4, -0.2) is 36.3 Å². The minimum absolute atomic E-state index is 0.138. The van der Waals surface area contributed by atoms with Gasteiger partial charge in [0.2, 0.25) is 0 Å². The average Bonchev–Trinajstić information content (AvgIpc) is 2.35. The Morgan fingerprint density at radius 1 is 1.32 bits per heavy atom. The van der Waals surface area contributed by atoms with Crippen LogP contribution in [0.4, 0.5) is 4.79 Å². The predicted molar refractivity (Wildman–Crippen MR) is 83.5 cm³/mol. The van der Waals surface area contributed by atoms with Crippen LogP contribution in [0.5, 0.6) is 0 Å². The fourth-order valence-corrected chi connectivity index (χ4v) is 2.18. The number of alkyl carbamates (subject to hydrolysis) is 1. The third kappa shape index (κ3) is 5.69. The molecule has 0 aliphatic rings. The maximum absolute atomic E-state index is 11.7. The van der Waals surface area contributed by atoms with Gasteiger partial charge in [0.05, 0.1) is 23.4 Å². The zero-order valence-corrected chi connectivity index (χ0v) is 14.3. The van der Waals surface area contributed by atoms with Crippen LogP contribution in [0.1, 0.15) is 36.8 Å². The molecule has 0 atom stereocenters. The predicted octanol–water partition coefficient (Wildman–Crippen LogP) is 3.24. The van der Waals surface area contributed by atoms with E-state index in [1.165, 1.54) is 13.2 Å². The van der Waals surface area contributed by atoms with Gasteiger partial charge in [0.1, 0.15) is 10.8 Å². The van der Waals surface area contributed by atoms with E-state index in [4.69, 9.17) is 27.9 Å². The molecule has 0 unspecified atom stereocenters. The maximum Gasteiger partial charge on any atom is 0.407 e. The van der Waals surface area contributed by atoms with Crippen LogP contribution in [0.25, 0.3) is 0 Å². The summed E-state index contributed by atoms with van der Waals surface area (Å²) in [6.07, 6.45) is -0.301. The minimum Gasteiger partial charge on any atom is -0.465 e. The molecule has 8 heteroatoms. The van der Waals surface area contributed by atoms with Crippen molar-refractivity contribution in [2.24, 2.45) is 0 Å². The van der Waals surface area contributed by atoms with Crippen molar-refractivity contribution in [1.82, 2.24) is 10.3 Å². The number of nitrogens with one attached hydrogen (secondary N) is 1. The summed E-state index contributed by atoms with van der Waals surface area (Å²) in [5, 5.41) is 2.88. The minimum atomic E-state index is -0.610. The molecule has 0 bridgehead atoms. The summed E-state index contributed by atoms with van der Waals surface area (Å²) in [6, 6.07) is 1.36. The monoisotopic (exact) mass is 348 g/mol. The number of halogens is 2. The van der Waals surface area contributed by atoms with Gasteiger partial charge < -0.3 is 14.8 Å². The van der Waals surface area contributed by atoms with Crippen LogP contribution in [0, 0.1) is 0 Å². The molecule has 1 heterocycles. The molecule has 0 saturated heterocycles. The molecular formula is C14H18Cl2N2O4. The first-order valence-corrected chi connectivity index (χ1v) is 7.29. The van der Waals surface area contributed by atoms with Crippen LogP contribution in [0.3, 0.4) is 0 Å². The SMILES string of the molecule is COC(=O)c1c(Cl)cc(Cl)nc1CCNC(=O)OC(C)(C)C. The van der Waals surface area contributed by atoms with Gasteiger partial charge in [-0.2, -0.15) is 0 Å². The first kappa shape index (κ1) is 18.5. The lowest BCUT2D eigenvalue weighted by Crippen LogP contribution is -2.33. The van der Waals surface area contributed by atoms with Crippen LogP contribution in [0.2, 0.25) is 10.2 Å². The van der Waals surface area contributed by atoms with Crippen LogP contribution < -0.4 is 5.32 Å². The number of carbonyl (C=O) groups is 2. The number of hydrogen-bond acceptors (Lipinski definition) is 5. The molecule has 1 amide bonds. The molecule has 0 aliphatic carbocycles. The first-order valence-electron chi connectivity index (χ1n) is 6.54. The quantitative estimate of drug-likeness (QED) is 0.667. The van der Waals surface area contributed by atoms with Crippen molar-refractivity contribution < 1.29 is 19.1 Å². The maximum atomic E-state index is 11.7. The molecule has 0 spiro atoms. The van der Waals surface area contributed by atoms with Crippen LogP contribution in [-0.2, 0) is 15.9 Å². The molecule has 1 aromatic rings. The Bertz CT molecular complexity index is 571. The van der Waals surface area contributed by atoms with Gasteiger partial charge in [-0.05, 0) is 26.8 Å². The lowest BCUT2D eigenvalue weighted by molar-refractivity contribution is 0.0528. The highest BCUT2D eigenvalue weighted by molar-refractivity contribution is 6.36. The Labute approximate surface area is 139 Å². The first-order chi connectivity index (χ1) is 10.1. The second-order valence-corrected chi connectivity index (χ2v) is 6.21. The van der Waals surface area contributed by atoms with Crippen molar-refractivity contribution >= 4 is 35.3 Å². The van der Waals surface area contributed by atoms with Gasteiger partial charge in [-0.1, -0.05) is 23.2 Å². The van der Waals surface area contributed by atoms with Crippen molar-refractivity contribution in [2.75, 3.05) is 13.7 Å². The van der Waals surface area contributed by atoms with E-state index >= 15 is 0 Å². The molecule has 122 valence electrons. The molecule has 0 aromatic carbocycles. The number of amides is 1. The molecule has 22 heavy (non-hydrogen) atoms. The largest absolute Gasteiger partial charge is 0.465 e. The van der Waals surface area contributed by atoms with Crippen molar-refractivity contribution in [3.05, 3.63) is 27.5 Å². The summed E-state index contributed by atoms with van der Waals surface area (Å²) in [4.78, 5) is 27.4. The number of carbonyl (C=O) groups excluding carboxylic acids is 2. The molecular weight excluding hydrogens is 331 g/mol. The number of hydrogen-bond donors (Lipinski definition) is 1. The zero-order valence-electron chi connectivity index (χ0n) is 12.8. The van der Waals surface area contributed by atoms with E-state index in [-0.39, 0.29) is 28.7 Å². The summed E-state index contributed by atoms with van der Waals surface area (Å²) >= 11 is 11.8. The molecule has 0 aliphatic heterocycles. The fraction of sp³-hybridized carbons (Fsp3) is 0.500. The van der Waals surface area contributed by atoms with Gasteiger partial charge in [-0.3, -0.25) is 0 Å². The molecule has 0 saturated carbocycles. The Hall–Kier alpha value is -1.53. The van der Waals surface area contributed by atoms with E-state index in [1.54, 1.807) is 20.8 Å². The molecule has 1 rings (SSSR count). The Balaban J connectivity index is 2.77. The van der Waals surface area contributed by atoms with Crippen molar-refractivity contribution in [3.8, 4) is 0 Å². The number of ether oxygens (including phenoxy) is 2. The number of esters is 1. The highest BCUT2D eigenvalue weighted by Gasteiger charge is 2.20. The average molecular weight is 349 g/mol. The second-order valence-electron chi connectivity index (χ2n) is 5.42. The molecule has 1 aromatic heterocycles. The number of methoxy groups -OCH3 is 1. The van der Waals surface area contributed by atoms with Crippen molar-refractivity contribution in [1.29, 1.82) is 0 Å². The standard InChI is InChI=1S/C14H18Cl2N2O4/c1-14(2,3)22-13(20)17-6-5-9-11(12(19)21-4)8(15)7-10(16)18-9/h7H,5-6H2,1-4H3,(H,17,20). The summed E-state index contributed by atoms with van der Waals surface area (Å²) in [5.41, 5.74) is -0.0984. The number of nitrogens with zero attached hydrogens (tertiary/aromatic N) is 1. The topological polar surface area (TPSA) is 77.5 Å². The van der Waals surface area contributed by atoms with Crippen LogP contribution in [0.15, 0.2) is 6.07 Å². The van der Waals surface area contributed by atoms with Crippen LogP contribution >= 0.6 is 23.2 Å². The number of pyridine rings is 1. The van der Waals surface area contributed by atoms with E-state index in [0.717, 1.165) is 0 Å². The van der Waals surface area contributed by atoms with Gasteiger partial charge in [0, 0.05) is 13.0 Å². The normalized spacial score (nSPS) is 11.0. The van der Waals surface area contributed by atoms with Gasteiger partial charge in [-0.15, -0.1) is 0 Å². The van der Waals surface area contributed by atoms with E-state index < -0.39 is 17.7 Å². The third-order valence-electron chi connectivity index (χ3n) is 2.43. The lowest BCUT2D eigenvalue weighted by atomic mass is 10.1. The van der Waals surface area contributed by atoms with Gasteiger partial charge in [0.25, 0.3) is 0 Å². The molecule has 0 radical (unpaired) electrons. The summed E-state index contributed by atoms with van der Waals surface area (Å²) < 4.78 is 9.78. The Morgan fingerprint density at radius 3 is 2.50 bits per heavy atom. The highest BCUT2D eigenvalue weighted by Crippen LogP contribution is 2.23. The zero-order chi connectivity index (χ0) is 16.9. The van der Waals surface area contributed by atoms with Gasteiger partial charge in [-0.25, -0.2) is 14.6 Å². The van der Waals surface area contributed by atoms with E-state index in [9.17, 15) is 9.59 Å². The molecule has 0 fully saturated rings. The highest BCUT2D eigenvalue weighted by atomic mass is 35.5. The smallest absolute Gasteiger partial charge is 0.407 e. The summed E-state index contributed by atoms with van der Waals surface area (Å²) in [5.74, 6) is -0.610. The second kappa shape index (κ2) is 7.65. The number of rotatable bonds is 4. The van der Waals surface area contributed by atoms with E-state index in [1.807, 2.05) is 0 Å². The molecule has 6 nitrogen and oxygen atoms in total. The lowest BCUT2D eigenvalue weighted by Gasteiger charge is -2.19. The van der Waals surface area contributed by atoms with Crippen molar-refractivity contribution in [2.45, 2.75) is 32.8 Å². The Kier molecular flexibility index (Phi) is 6.44. The molecule has 1 N–H and O–H groups in total. The van der Waals surface area contributed by atoms with E-state index in [2.05, 4.69) is 15.0 Å². The Morgan fingerprint density at radius 2 is 1.95 bits per heavy atom. The number of aromatic nitrogens is 1. The van der Waals surface area contributed by atoms with Gasteiger partial charge >= 0.3 is 12.1 Å². The van der Waals surface area contributed by atoms with Gasteiger partial charge in [0.15, 0.2) is 0 Å². The van der Waals surface area contributed by atoms with Crippen molar-refractivity contribution in [3.63, 3.8) is 0 Å². The van der Waals surface area contributed by atoms with E-state index in [0.29, 0.717) is 5.69 Å². The summed E-state index contributed by atoms with van der Waals surface area (Å²) in [7, 11) is 1.25. The fourth-order valence-electron chi connectivity index (χ4n) is 1.63. The third-order valence-corrected chi connectivity index (χ3v) is 2.93.